The molecule has 1 aromatic heterocycles. The van der Waals surface area contributed by atoms with Crippen molar-refractivity contribution in [3.8, 4) is 5.75 Å². The summed E-state index contributed by atoms with van der Waals surface area (Å²) in [5, 5.41) is 3.02. The summed E-state index contributed by atoms with van der Waals surface area (Å²) in [5.74, 6) is 0.460. The van der Waals surface area contributed by atoms with Crippen molar-refractivity contribution in [1.29, 1.82) is 0 Å². The number of hydrogen-bond acceptors (Lipinski definition) is 3. The summed E-state index contributed by atoms with van der Waals surface area (Å²) in [6.45, 7) is 4.76. The number of aromatic nitrogens is 1. The zero-order valence-corrected chi connectivity index (χ0v) is 17.0. The van der Waals surface area contributed by atoms with Crippen molar-refractivity contribution in [3.05, 3.63) is 46.2 Å². The van der Waals surface area contributed by atoms with Crippen LogP contribution in [0.15, 0.2) is 35.1 Å². The number of benzene rings is 1. The van der Waals surface area contributed by atoms with Crippen molar-refractivity contribution in [3.63, 3.8) is 0 Å². The number of halogens is 1. The fourth-order valence-electron chi connectivity index (χ4n) is 2.43. The third-order valence-electron chi connectivity index (χ3n) is 3.45. The second-order valence-corrected chi connectivity index (χ2v) is 6.61. The van der Waals surface area contributed by atoms with Crippen LogP contribution < -0.4 is 15.8 Å². The summed E-state index contributed by atoms with van der Waals surface area (Å²) in [7, 11) is 1.96. The van der Waals surface area contributed by atoms with Crippen LogP contribution in [0, 0.1) is 0 Å². The number of amides is 2. The molecular formula is C19H26BrN3O3. The average Bonchev–Trinajstić information content (AvgIpc) is 2.94. The standard InChI is InChI=1S/C18H23BrN2O2.CH3NO/c1-4-6-13-11-21(3)12-16(13)20-18(22)15-10-14(19)7-8-17(15)23-9-5-2;2-1-3/h7-8,10-12H,4-6,9H2,1-3H3,(H,20,22);1H,(H2,2,3). The molecule has 0 aliphatic heterocycles. The van der Waals surface area contributed by atoms with Crippen LogP contribution in [0.5, 0.6) is 5.75 Å². The SMILES string of the molecule is CCCOc1ccc(Br)cc1C(=O)Nc1cn(C)cc1CCC.NC=O. The minimum atomic E-state index is -0.152. The Morgan fingerprint density at radius 3 is 2.62 bits per heavy atom. The molecule has 2 aromatic rings. The van der Waals surface area contributed by atoms with E-state index < -0.39 is 0 Å². The fraction of sp³-hybridized carbons (Fsp3) is 0.368. The zero-order chi connectivity index (χ0) is 19.5. The van der Waals surface area contributed by atoms with Crippen LogP contribution in [0.3, 0.4) is 0 Å². The molecule has 0 atom stereocenters. The molecule has 0 fully saturated rings. The summed E-state index contributed by atoms with van der Waals surface area (Å²) >= 11 is 3.42. The van der Waals surface area contributed by atoms with E-state index in [1.165, 1.54) is 0 Å². The Bertz CT molecular complexity index is 729. The van der Waals surface area contributed by atoms with Gasteiger partial charge in [0.25, 0.3) is 5.91 Å². The highest BCUT2D eigenvalue weighted by Crippen LogP contribution is 2.26. The van der Waals surface area contributed by atoms with Gasteiger partial charge < -0.3 is 20.4 Å². The third-order valence-corrected chi connectivity index (χ3v) is 3.95. The number of ether oxygens (including phenoxy) is 1. The number of primary amides is 1. The molecule has 142 valence electrons. The second-order valence-electron chi connectivity index (χ2n) is 5.69. The molecule has 1 aromatic carbocycles. The molecule has 0 aliphatic carbocycles. The van der Waals surface area contributed by atoms with E-state index in [1.807, 2.05) is 36.9 Å². The molecule has 0 unspecified atom stereocenters. The van der Waals surface area contributed by atoms with Crippen molar-refractivity contribution in [2.45, 2.75) is 33.1 Å². The van der Waals surface area contributed by atoms with E-state index in [-0.39, 0.29) is 12.3 Å². The van der Waals surface area contributed by atoms with Crippen LogP contribution in [-0.4, -0.2) is 23.5 Å². The maximum absolute atomic E-state index is 12.7. The van der Waals surface area contributed by atoms with Gasteiger partial charge in [-0.25, -0.2) is 0 Å². The van der Waals surface area contributed by atoms with Crippen LogP contribution >= 0.6 is 15.9 Å². The summed E-state index contributed by atoms with van der Waals surface area (Å²) in [6, 6.07) is 5.50. The fourth-order valence-corrected chi connectivity index (χ4v) is 2.79. The normalized spacial score (nSPS) is 9.85. The molecule has 0 saturated heterocycles. The molecule has 0 aliphatic rings. The van der Waals surface area contributed by atoms with Gasteiger partial charge in [0.05, 0.1) is 17.9 Å². The number of hydrogen-bond donors (Lipinski definition) is 2. The molecular weight excluding hydrogens is 398 g/mol. The number of rotatable bonds is 7. The molecule has 0 saturated carbocycles. The molecule has 26 heavy (non-hydrogen) atoms. The van der Waals surface area contributed by atoms with Gasteiger partial charge in [-0.2, -0.15) is 0 Å². The van der Waals surface area contributed by atoms with Crippen LogP contribution in [0.1, 0.15) is 42.6 Å². The lowest BCUT2D eigenvalue weighted by Crippen LogP contribution is -2.14. The van der Waals surface area contributed by atoms with E-state index in [2.05, 4.69) is 40.1 Å². The largest absolute Gasteiger partial charge is 0.493 e. The summed E-state index contributed by atoms with van der Waals surface area (Å²) in [5.41, 5.74) is 6.72. The molecule has 0 radical (unpaired) electrons. The number of carbonyl (C=O) groups is 2. The van der Waals surface area contributed by atoms with Gasteiger partial charge in [-0.15, -0.1) is 0 Å². The summed E-state index contributed by atoms with van der Waals surface area (Å²) in [6.07, 6.45) is 7.11. The smallest absolute Gasteiger partial charge is 0.259 e. The zero-order valence-electron chi connectivity index (χ0n) is 15.4. The Kier molecular flexibility index (Phi) is 9.51. The number of nitrogens with one attached hydrogen (secondary N) is 1. The van der Waals surface area contributed by atoms with Crippen molar-refractivity contribution in [2.24, 2.45) is 12.8 Å². The van der Waals surface area contributed by atoms with Crippen LogP contribution in [-0.2, 0) is 18.3 Å². The van der Waals surface area contributed by atoms with Crippen molar-refractivity contribution in [2.75, 3.05) is 11.9 Å². The van der Waals surface area contributed by atoms with Gasteiger partial charge in [-0.1, -0.05) is 36.2 Å². The second kappa shape index (κ2) is 11.4. The maximum atomic E-state index is 12.7. The topological polar surface area (TPSA) is 86.3 Å². The van der Waals surface area contributed by atoms with Crippen LogP contribution in [0.2, 0.25) is 0 Å². The number of carbonyl (C=O) groups excluding carboxylic acids is 2. The lowest BCUT2D eigenvalue weighted by molar-refractivity contribution is -0.106. The first-order chi connectivity index (χ1) is 12.5. The van der Waals surface area contributed by atoms with Crippen LogP contribution in [0.4, 0.5) is 5.69 Å². The Morgan fingerprint density at radius 2 is 2.00 bits per heavy atom. The molecule has 7 heteroatoms. The number of aryl methyl sites for hydroxylation is 2. The Labute approximate surface area is 162 Å². The van der Waals surface area contributed by atoms with E-state index >= 15 is 0 Å². The molecule has 2 amide bonds. The molecule has 0 spiro atoms. The van der Waals surface area contributed by atoms with E-state index in [0.29, 0.717) is 17.9 Å². The van der Waals surface area contributed by atoms with Gasteiger partial charge >= 0.3 is 0 Å². The molecule has 1 heterocycles. The lowest BCUT2D eigenvalue weighted by atomic mass is 10.1. The highest BCUT2D eigenvalue weighted by Gasteiger charge is 2.16. The summed E-state index contributed by atoms with van der Waals surface area (Å²) < 4.78 is 8.52. The summed E-state index contributed by atoms with van der Waals surface area (Å²) in [4.78, 5) is 21.3. The Balaban J connectivity index is 0.00000105. The number of nitrogens with zero attached hydrogens (tertiary/aromatic N) is 1. The first-order valence-corrected chi connectivity index (χ1v) is 9.29. The van der Waals surface area contributed by atoms with E-state index in [0.717, 1.165) is 35.0 Å². The van der Waals surface area contributed by atoms with E-state index in [4.69, 9.17) is 9.53 Å². The predicted molar refractivity (Wildman–Crippen MR) is 108 cm³/mol. The van der Waals surface area contributed by atoms with Gasteiger partial charge in [0, 0.05) is 23.9 Å². The van der Waals surface area contributed by atoms with Crippen molar-refractivity contribution in [1.82, 2.24) is 4.57 Å². The average molecular weight is 424 g/mol. The number of nitrogens with two attached hydrogens (primary N) is 1. The van der Waals surface area contributed by atoms with Gasteiger partial charge in [0.15, 0.2) is 0 Å². The lowest BCUT2D eigenvalue weighted by Gasteiger charge is -2.12. The van der Waals surface area contributed by atoms with E-state index in [9.17, 15) is 4.79 Å². The Morgan fingerprint density at radius 1 is 1.31 bits per heavy atom. The highest BCUT2D eigenvalue weighted by atomic mass is 79.9. The predicted octanol–water partition coefficient (Wildman–Crippen LogP) is 3.88. The monoisotopic (exact) mass is 423 g/mol. The molecule has 2 rings (SSSR count). The minimum absolute atomic E-state index is 0.152. The minimum Gasteiger partial charge on any atom is -0.493 e. The first kappa shape index (κ1) is 21.8. The maximum Gasteiger partial charge on any atom is 0.259 e. The van der Waals surface area contributed by atoms with Gasteiger partial charge in [-0.3, -0.25) is 9.59 Å². The molecule has 6 nitrogen and oxygen atoms in total. The first-order valence-electron chi connectivity index (χ1n) is 8.50. The molecule has 3 N–H and O–H groups in total. The number of anilines is 1. The Hall–Kier alpha value is -2.28. The highest BCUT2D eigenvalue weighted by molar-refractivity contribution is 9.10. The van der Waals surface area contributed by atoms with Gasteiger partial charge in [-0.05, 0) is 36.6 Å². The van der Waals surface area contributed by atoms with Gasteiger partial charge in [0.1, 0.15) is 5.75 Å². The van der Waals surface area contributed by atoms with Crippen LogP contribution in [0.25, 0.3) is 0 Å². The van der Waals surface area contributed by atoms with Gasteiger partial charge in [0.2, 0.25) is 6.41 Å². The van der Waals surface area contributed by atoms with Crippen molar-refractivity contribution < 1.29 is 14.3 Å². The van der Waals surface area contributed by atoms with E-state index in [1.54, 1.807) is 6.07 Å². The quantitative estimate of drug-likeness (QED) is 0.662. The van der Waals surface area contributed by atoms with Crippen molar-refractivity contribution >= 4 is 33.9 Å². The third kappa shape index (κ3) is 6.55. The molecule has 0 bridgehead atoms.